The molecule has 26 heavy (non-hydrogen) atoms. The zero-order valence-corrected chi connectivity index (χ0v) is 14.7. The predicted octanol–water partition coefficient (Wildman–Crippen LogP) is 2.89. The molecule has 1 aliphatic carbocycles. The highest BCUT2D eigenvalue weighted by molar-refractivity contribution is 7.91. The minimum Gasteiger partial charge on any atom is -0.352 e. The molecule has 1 saturated carbocycles. The lowest BCUT2D eigenvalue weighted by Gasteiger charge is -2.05. The first kappa shape index (κ1) is 16.8. The molecule has 2 aromatic carbocycles. The molecule has 0 aliphatic heterocycles. The number of halogens is 1. The van der Waals surface area contributed by atoms with E-state index in [2.05, 4.69) is 5.32 Å². The second-order valence-corrected chi connectivity index (χ2v) is 8.36. The molecule has 5 nitrogen and oxygen atoms in total. The number of aromatic nitrogens is 1. The van der Waals surface area contributed by atoms with Crippen LogP contribution in [-0.2, 0) is 21.2 Å². The quantitative estimate of drug-likeness (QED) is 0.700. The normalized spacial score (nSPS) is 14.5. The highest BCUT2D eigenvalue weighted by atomic mass is 32.2. The Morgan fingerprint density at radius 1 is 1.12 bits per heavy atom. The van der Waals surface area contributed by atoms with Gasteiger partial charge in [-0.05, 0) is 43.2 Å². The standard InChI is InChI=1S/C19H17FN2O3S/c20-13-5-9-15(10-6-13)26(24,25)18-11-22(12-19(23)21-14-7-8-14)17-4-2-1-3-16(17)18/h1-6,9-11,14H,7-8,12H2,(H,21,23). The molecule has 7 heteroatoms. The summed E-state index contributed by atoms with van der Waals surface area (Å²) in [5.41, 5.74) is 0.666. The smallest absolute Gasteiger partial charge is 0.240 e. The highest BCUT2D eigenvalue weighted by Crippen LogP contribution is 2.30. The number of nitrogens with one attached hydrogen (secondary N) is 1. The van der Waals surface area contributed by atoms with E-state index in [-0.39, 0.29) is 28.3 Å². The minimum atomic E-state index is -3.83. The summed E-state index contributed by atoms with van der Waals surface area (Å²) in [5.74, 6) is -0.637. The Hall–Kier alpha value is -2.67. The summed E-state index contributed by atoms with van der Waals surface area (Å²) in [7, 11) is -3.83. The van der Waals surface area contributed by atoms with Crippen molar-refractivity contribution in [1.29, 1.82) is 0 Å². The zero-order valence-electron chi connectivity index (χ0n) is 13.9. The van der Waals surface area contributed by atoms with E-state index in [1.165, 1.54) is 18.3 Å². The zero-order chi connectivity index (χ0) is 18.3. The molecule has 0 unspecified atom stereocenters. The largest absolute Gasteiger partial charge is 0.352 e. The van der Waals surface area contributed by atoms with Gasteiger partial charge in [0.15, 0.2) is 0 Å². The number of rotatable bonds is 5. The molecule has 0 spiro atoms. The topological polar surface area (TPSA) is 68.2 Å². The Balaban J connectivity index is 1.77. The second kappa shape index (κ2) is 6.25. The molecular weight excluding hydrogens is 355 g/mol. The van der Waals surface area contributed by atoms with Gasteiger partial charge in [-0.2, -0.15) is 0 Å². The van der Waals surface area contributed by atoms with Gasteiger partial charge in [0, 0.05) is 23.1 Å². The molecule has 134 valence electrons. The molecule has 1 amide bonds. The van der Waals surface area contributed by atoms with Crippen LogP contribution in [0.4, 0.5) is 4.39 Å². The monoisotopic (exact) mass is 372 g/mol. The van der Waals surface area contributed by atoms with Gasteiger partial charge in [-0.15, -0.1) is 0 Å². The first-order valence-electron chi connectivity index (χ1n) is 8.33. The third-order valence-corrected chi connectivity index (χ3v) is 6.22. The number of para-hydroxylation sites is 1. The van der Waals surface area contributed by atoms with Crippen LogP contribution in [0.15, 0.2) is 64.5 Å². The predicted molar refractivity (Wildman–Crippen MR) is 95.0 cm³/mol. The van der Waals surface area contributed by atoms with Crippen LogP contribution in [-0.4, -0.2) is 24.9 Å². The lowest BCUT2D eigenvalue weighted by Crippen LogP contribution is -2.29. The van der Waals surface area contributed by atoms with Crippen LogP contribution in [0.1, 0.15) is 12.8 Å². The Kier molecular flexibility index (Phi) is 4.03. The molecule has 3 aromatic rings. The van der Waals surface area contributed by atoms with Crippen LogP contribution in [0.3, 0.4) is 0 Å². The molecule has 1 fully saturated rings. The van der Waals surface area contributed by atoms with Gasteiger partial charge in [0.2, 0.25) is 15.7 Å². The summed E-state index contributed by atoms with van der Waals surface area (Å²) in [5, 5.41) is 3.44. The van der Waals surface area contributed by atoms with Gasteiger partial charge in [-0.3, -0.25) is 4.79 Å². The number of amides is 1. The third kappa shape index (κ3) is 3.10. The maximum atomic E-state index is 13.1. The summed E-state index contributed by atoms with van der Waals surface area (Å²) in [6.45, 7) is 0.0515. The molecule has 1 N–H and O–H groups in total. The van der Waals surface area contributed by atoms with Crippen molar-refractivity contribution in [3.63, 3.8) is 0 Å². The van der Waals surface area contributed by atoms with Crippen molar-refractivity contribution < 1.29 is 17.6 Å². The van der Waals surface area contributed by atoms with Crippen LogP contribution >= 0.6 is 0 Å². The van der Waals surface area contributed by atoms with Gasteiger partial charge in [-0.1, -0.05) is 18.2 Å². The average molecular weight is 372 g/mol. The highest BCUT2D eigenvalue weighted by Gasteiger charge is 2.26. The van der Waals surface area contributed by atoms with Crippen molar-refractivity contribution in [3.05, 3.63) is 60.5 Å². The number of benzene rings is 2. The third-order valence-electron chi connectivity index (χ3n) is 4.42. The maximum absolute atomic E-state index is 13.1. The van der Waals surface area contributed by atoms with E-state index in [0.29, 0.717) is 10.9 Å². The van der Waals surface area contributed by atoms with Crippen molar-refractivity contribution in [2.24, 2.45) is 0 Å². The lowest BCUT2D eigenvalue weighted by atomic mass is 10.2. The number of nitrogens with zero attached hydrogens (tertiary/aromatic N) is 1. The number of carbonyl (C=O) groups is 1. The van der Waals surface area contributed by atoms with Gasteiger partial charge in [-0.25, -0.2) is 12.8 Å². The van der Waals surface area contributed by atoms with E-state index in [1.54, 1.807) is 28.8 Å². The molecule has 1 aromatic heterocycles. The van der Waals surface area contributed by atoms with Gasteiger partial charge >= 0.3 is 0 Å². The molecule has 0 atom stereocenters. The first-order chi connectivity index (χ1) is 12.4. The van der Waals surface area contributed by atoms with Crippen LogP contribution in [0, 0.1) is 5.82 Å². The van der Waals surface area contributed by atoms with E-state index < -0.39 is 15.7 Å². The summed E-state index contributed by atoms with van der Waals surface area (Å²) < 4.78 is 40.8. The summed E-state index contributed by atoms with van der Waals surface area (Å²) in [6.07, 6.45) is 3.46. The number of fused-ring (bicyclic) bond motifs is 1. The van der Waals surface area contributed by atoms with Gasteiger partial charge in [0.05, 0.1) is 9.79 Å². The first-order valence-corrected chi connectivity index (χ1v) is 9.81. The number of hydrogen-bond donors (Lipinski definition) is 1. The fraction of sp³-hybridized carbons (Fsp3) is 0.211. The number of hydrogen-bond acceptors (Lipinski definition) is 3. The molecule has 0 saturated heterocycles. The Bertz CT molecular complexity index is 1080. The molecule has 0 bridgehead atoms. The van der Waals surface area contributed by atoms with Crippen LogP contribution in [0.25, 0.3) is 10.9 Å². The van der Waals surface area contributed by atoms with Gasteiger partial charge in [0.1, 0.15) is 12.4 Å². The average Bonchev–Trinajstić information content (AvgIpc) is 3.35. The van der Waals surface area contributed by atoms with Crippen LogP contribution in [0.5, 0.6) is 0 Å². The summed E-state index contributed by atoms with van der Waals surface area (Å²) in [4.78, 5) is 12.3. The Morgan fingerprint density at radius 2 is 1.81 bits per heavy atom. The number of sulfone groups is 1. The molecule has 1 heterocycles. The molecule has 1 aliphatic rings. The van der Waals surface area contributed by atoms with Crippen LogP contribution in [0.2, 0.25) is 0 Å². The van der Waals surface area contributed by atoms with Crippen LogP contribution < -0.4 is 5.32 Å². The summed E-state index contributed by atoms with van der Waals surface area (Å²) >= 11 is 0. The van der Waals surface area contributed by atoms with Crippen molar-refractivity contribution in [1.82, 2.24) is 9.88 Å². The fourth-order valence-corrected chi connectivity index (χ4v) is 4.43. The van der Waals surface area contributed by atoms with E-state index in [9.17, 15) is 17.6 Å². The minimum absolute atomic E-state index is 0.0178. The van der Waals surface area contributed by atoms with E-state index in [0.717, 1.165) is 25.0 Å². The van der Waals surface area contributed by atoms with E-state index >= 15 is 0 Å². The van der Waals surface area contributed by atoms with Crippen molar-refractivity contribution >= 4 is 26.6 Å². The summed E-state index contributed by atoms with van der Waals surface area (Å²) in [6, 6.07) is 12.0. The molecule has 4 rings (SSSR count). The number of carbonyl (C=O) groups excluding carboxylic acids is 1. The Labute approximate surface area is 150 Å². The Morgan fingerprint density at radius 3 is 2.50 bits per heavy atom. The van der Waals surface area contributed by atoms with Crippen molar-refractivity contribution in [2.75, 3.05) is 0 Å². The maximum Gasteiger partial charge on any atom is 0.240 e. The SMILES string of the molecule is O=C(Cn1cc(S(=O)(=O)c2ccc(F)cc2)c2ccccc21)NC1CC1. The molecular formula is C19H17FN2O3S. The van der Waals surface area contributed by atoms with E-state index in [1.807, 2.05) is 0 Å². The van der Waals surface area contributed by atoms with Crippen molar-refractivity contribution in [3.8, 4) is 0 Å². The second-order valence-electron chi connectivity index (χ2n) is 6.44. The fourth-order valence-electron chi connectivity index (χ4n) is 2.95. The van der Waals surface area contributed by atoms with Gasteiger partial charge in [0.25, 0.3) is 0 Å². The van der Waals surface area contributed by atoms with E-state index in [4.69, 9.17) is 0 Å². The van der Waals surface area contributed by atoms with Crippen molar-refractivity contribution in [2.45, 2.75) is 35.2 Å². The lowest BCUT2D eigenvalue weighted by molar-refractivity contribution is -0.121. The van der Waals surface area contributed by atoms with Gasteiger partial charge < -0.3 is 9.88 Å². The molecule has 0 radical (unpaired) electrons.